The van der Waals surface area contributed by atoms with E-state index in [1.165, 1.54) is 25.7 Å². The fourth-order valence-electron chi connectivity index (χ4n) is 3.30. The molecule has 17 heavy (non-hydrogen) atoms. The Bertz CT molecular complexity index is 257. The summed E-state index contributed by atoms with van der Waals surface area (Å²) in [6, 6.07) is 2.20. The number of amides is 1. The number of nitrogens with one attached hydrogen (secondary N) is 2. The lowest BCUT2D eigenvalue weighted by Crippen LogP contribution is -2.49. The molecule has 2 N–H and O–H groups in total. The summed E-state index contributed by atoms with van der Waals surface area (Å²) < 4.78 is 0. The number of rotatable bonds is 5. The van der Waals surface area contributed by atoms with Crippen LogP contribution in [0.2, 0.25) is 0 Å². The summed E-state index contributed by atoms with van der Waals surface area (Å²) in [7, 11) is 0. The van der Waals surface area contributed by atoms with Gasteiger partial charge in [-0.15, -0.1) is 0 Å². The van der Waals surface area contributed by atoms with Gasteiger partial charge in [0.05, 0.1) is 0 Å². The van der Waals surface area contributed by atoms with Gasteiger partial charge >= 0.3 is 0 Å². The van der Waals surface area contributed by atoms with Gasteiger partial charge in [-0.05, 0) is 32.2 Å². The van der Waals surface area contributed by atoms with Crippen molar-refractivity contribution in [3.8, 4) is 0 Å². The molecule has 2 rings (SSSR count). The summed E-state index contributed by atoms with van der Waals surface area (Å²) in [6.07, 6.45) is 5.27. The molecule has 0 spiro atoms. The van der Waals surface area contributed by atoms with Crippen molar-refractivity contribution >= 4 is 5.91 Å². The summed E-state index contributed by atoms with van der Waals surface area (Å²) in [5.74, 6) is 0.0754. The second-order valence-electron chi connectivity index (χ2n) is 5.37. The van der Waals surface area contributed by atoms with E-state index in [-0.39, 0.29) is 5.91 Å². The van der Waals surface area contributed by atoms with Crippen LogP contribution in [0, 0.1) is 0 Å². The fourth-order valence-corrected chi connectivity index (χ4v) is 3.30. The standard InChI is InChI=1S/C13H25N3O/c1-3-16(7-6-14-10(2)17)13-8-11-4-5-12(9-13)15-11/h11-13,15H,3-9H2,1-2H3,(H,14,17). The molecular weight excluding hydrogens is 214 g/mol. The largest absolute Gasteiger partial charge is 0.355 e. The first-order valence-corrected chi connectivity index (χ1v) is 6.93. The Morgan fingerprint density at radius 3 is 2.53 bits per heavy atom. The number of likely N-dealkylation sites (N-methyl/N-ethyl adjacent to an activating group) is 1. The van der Waals surface area contributed by atoms with Gasteiger partial charge in [-0.1, -0.05) is 6.92 Å². The molecule has 4 heteroatoms. The van der Waals surface area contributed by atoms with Crippen LogP contribution in [0.1, 0.15) is 39.5 Å². The molecule has 2 fully saturated rings. The highest BCUT2D eigenvalue weighted by Crippen LogP contribution is 2.29. The first kappa shape index (κ1) is 12.8. The van der Waals surface area contributed by atoms with Crippen molar-refractivity contribution in [2.45, 2.75) is 57.7 Å². The number of piperidine rings is 1. The Morgan fingerprint density at radius 1 is 1.35 bits per heavy atom. The highest BCUT2D eigenvalue weighted by Gasteiger charge is 2.35. The molecule has 98 valence electrons. The van der Waals surface area contributed by atoms with Crippen LogP contribution in [0.25, 0.3) is 0 Å². The molecule has 0 aromatic rings. The molecule has 0 aliphatic carbocycles. The van der Waals surface area contributed by atoms with E-state index in [1.807, 2.05) is 0 Å². The number of fused-ring (bicyclic) bond motifs is 2. The van der Waals surface area contributed by atoms with Crippen LogP contribution in [0.3, 0.4) is 0 Å². The molecule has 0 aromatic carbocycles. The Labute approximate surface area is 104 Å². The minimum atomic E-state index is 0.0754. The van der Waals surface area contributed by atoms with Crippen molar-refractivity contribution in [1.29, 1.82) is 0 Å². The van der Waals surface area contributed by atoms with E-state index in [2.05, 4.69) is 22.5 Å². The maximum absolute atomic E-state index is 10.9. The van der Waals surface area contributed by atoms with Crippen LogP contribution in [0.4, 0.5) is 0 Å². The molecule has 2 atom stereocenters. The van der Waals surface area contributed by atoms with E-state index in [9.17, 15) is 4.79 Å². The third-order valence-corrected chi connectivity index (χ3v) is 4.14. The second kappa shape index (κ2) is 5.83. The third kappa shape index (κ3) is 3.42. The van der Waals surface area contributed by atoms with E-state index in [0.29, 0.717) is 6.04 Å². The first-order valence-electron chi connectivity index (χ1n) is 6.93. The van der Waals surface area contributed by atoms with Crippen LogP contribution in [0.5, 0.6) is 0 Å². The average Bonchev–Trinajstić information content (AvgIpc) is 2.63. The third-order valence-electron chi connectivity index (χ3n) is 4.14. The number of nitrogens with zero attached hydrogens (tertiary/aromatic N) is 1. The molecule has 2 aliphatic heterocycles. The van der Waals surface area contributed by atoms with Crippen LogP contribution in [0.15, 0.2) is 0 Å². The molecule has 0 radical (unpaired) electrons. The van der Waals surface area contributed by atoms with Crippen LogP contribution in [-0.4, -0.2) is 48.6 Å². The highest BCUT2D eigenvalue weighted by molar-refractivity contribution is 5.72. The van der Waals surface area contributed by atoms with Crippen LogP contribution >= 0.6 is 0 Å². The predicted molar refractivity (Wildman–Crippen MR) is 68.9 cm³/mol. The summed E-state index contributed by atoms with van der Waals surface area (Å²) in [6.45, 7) is 6.66. The number of hydrogen-bond acceptors (Lipinski definition) is 3. The molecule has 0 aromatic heterocycles. The van der Waals surface area contributed by atoms with Crippen molar-refractivity contribution in [3.63, 3.8) is 0 Å². The number of carbonyl (C=O) groups excluding carboxylic acids is 1. The van der Waals surface area contributed by atoms with Gasteiger partial charge in [0, 0.05) is 38.1 Å². The molecule has 0 saturated carbocycles. The molecule has 2 bridgehead atoms. The van der Waals surface area contributed by atoms with E-state index >= 15 is 0 Å². The number of hydrogen-bond donors (Lipinski definition) is 2. The lowest BCUT2D eigenvalue weighted by molar-refractivity contribution is -0.119. The Hall–Kier alpha value is -0.610. The maximum Gasteiger partial charge on any atom is 0.216 e. The normalized spacial score (nSPS) is 31.8. The van der Waals surface area contributed by atoms with Crippen molar-refractivity contribution in [2.75, 3.05) is 19.6 Å². The van der Waals surface area contributed by atoms with E-state index in [1.54, 1.807) is 6.92 Å². The number of carbonyl (C=O) groups is 1. The van der Waals surface area contributed by atoms with Crippen LogP contribution < -0.4 is 10.6 Å². The summed E-state index contributed by atoms with van der Waals surface area (Å²) in [5.41, 5.74) is 0. The maximum atomic E-state index is 10.9. The lowest BCUT2D eigenvalue weighted by Gasteiger charge is -2.37. The Balaban J connectivity index is 1.79. The van der Waals surface area contributed by atoms with Gasteiger partial charge < -0.3 is 10.6 Å². The topological polar surface area (TPSA) is 44.4 Å². The fraction of sp³-hybridized carbons (Fsp3) is 0.923. The molecule has 2 aliphatic rings. The van der Waals surface area contributed by atoms with Gasteiger partial charge in [-0.2, -0.15) is 0 Å². The van der Waals surface area contributed by atoms with E-state index in [4.69, 9.17) is 0 Å². The molecule has 2 heterocycles. The summed E-state index contributed by atoms with van der Waals surface area (Å²) in [5, 5.41) is 6.57. The van der Waals surface area contributed by atoms with Gasteiger partial charge in [0.15, 0.2) is 0 Å². The van der Waals surface area contributed by atoms with Gasteiger partial charge in [-0.3, -0.25) is 9.69 Å². The molecule has 2 unspecified atom stereocenters. The average molecular weight is 239 g/mol. The van der Waals surface area contributed by atoms with Crippen molar-refractivity contribution < 1.29 is 4.79 Å². The minimum Gasteiger partial charge on any atom is -0.355 e. The van der Waals surface area contributed by atoms with Gasteiger partial charge in [0.2, 0.25) is 5.91 Å². The quantitative estimate of drug-likeness (QED) is 0.743. The second-order valence-corrected chi connectivity index (χ2v) is 5.37. The van der Waals surface area contributed by atoms with Crippen molar-refractivity contribution in [3.05, 3.63) is 0 Å². The van der Waals surface area contributed by atoms with Gasteiger partial charge in [-0.25, -0.2) is 0 Å². The smallest absolute Gasteiger partial charge is 0.216 e. The van der Waals surface area contributed by atoms with Crippen molar-refractivity contribution in [2.24, 2.45) is 0 Å². The lowest BCUT2D eigenvalue weighted by atomic mass is 9.98. The van der Waals surface area contributed by atoms with Crippen molar-refractivity contribution in [1.82, 2.24) is 15.5 Å². The first-order chi connectivity index (χ1) is 8.19. The van der Waals surface area contributed by atoms with Gasteiger partial charge in [0.25, 0.3) is 0 Å². The zero-order valence-corrected chi connectivity index (χ0v) is 11.0. The van der Waals surface area contributed by atoms with Gasteiger partial charge in [0.1, 0.15) is 0 Å². The summed E-state index contributed by atoms with van der Waals surface area (Å²) in [4.78, 5) is 13.4. The Kier molecular flexibility index (Phi) is 4.40. The minimum absolute atomic E-state index is 0.0754. The van der Waals surface area contributed by atoms with E-state index in [0.717, 1.165) is 31.7 Å². The Morgan fingerprint density at radius 2 is 2.00 bits per heavy atom. The molecule has 4 nitrogen and oxygen atoms in total. The zero-order valence-electron chi connectivity index (χ0n) is 11.0. The molecule has 1 amide bonds. The van der Waals surface area contributed by atoms with E-state index < -0.39 is 0 Å². The molecular formula is C13H25N3O. The highest BCUT2D eigenvalue weighted by atomic mass is 16.1. The summed E-state index contributed by atoms with van der Waals surface area (Å²) >= 11 is 0. The zero-order chi connectivity index (χ0) is 12.3. The molecule has 2 saturated heterocycles. The monoisotopic (exact) mass is 239 g/mol. The SMILES string of the molecule is CCN(CCNC(C)=O)C1CC2CCC(C1)N2. The predicted octanol–water partition coefficient (Wildman–Crippen LogP) is 0.727. The van der Waals surface area contributed by atoms with Crippen LogP contribution in [-0.2, 0) is 4.79 Å².